The van der Waals surface area contributed by atoms with Gasteiger partial charge in [0.2, 0.25) is 0 Å². The first-order chi connectivity index (χ1) is 14.4. The standard InChI is InChI=1S/C22H17ClN2O4S/c1-12-18(21(28)29-2)19(14-5-7-15(23)8-6-14)25-20(27)17(30-22(25)24-12)11-13-3-9-16(26)10-4-13/h3-11,19,26H,1-2H3/b17-11-/t19-/m0/s1. The summed E-state index contributed by atoms with van der Waals surface area (Å²) in [7, 11) is 1.30. The van der Waals surface area contributed by atoms with Crippen molar-refractivity contribution in [2.45, 2.75) is 13.0 Å². The summed E-state index contributed by atoms with van der Waals surface area (Å²) in [4.78, 5) is 30.9. The van der Waals surface area contributed by atoms with Gasteiger partial charge in [-0.05, 0) is 48.4 Å². The zero-order valence-electron chi connectivity index (χ0n) is 16.1. The number of phenols is 1. The molecule has 0 saturated heterocycles. The van der Waals surface area contributed by atoms with Crippen molar-refractivity contribution in [1.82, 2.24) is 4.57 Å². The Morgan fingerprint density at radius 2 is 1.87 bits per heavy atom. The lowest BCUT2D eigenvalue weighted by Gasteiger charge is -2.24. The van der Waals surface area contributed by atoms with Gasteiger partial charge in [0.25, 0.3) is 5.56 Å². The summed E-state index contributed by atoms with van der Waals surface area (Å²) in [6, 6.07) is 12.9. The van der Waals surface area contributed by atoms with Crippen molar-refractivity contribution >= 4 is 35.0 Å². The highest BCUT2D eigenvalue weighted by molar-refractivity contribution is 7.07. The Kier molecular flexibility index (Phi) is 5.32. The number of carbonyl (C=O) groups excluding carboxylic acids is 1. The fourth-order valence-electron chi connectivity index (χ4n) is 3.38. The summed E-state index contributed by atoms with van der Waals surface area (Å²) in [6.45, 7) is 1.73. The average molecular weight is 441 g/mol. The molecule has 0 radical (unpaired) electrons. The number of rotatable bonds is 3. The van der Waals surface area contributed by atoms with E-state index in [9.17, 15) is 14.7 Å². The lowest BCUT2D eigenvalue weighted by molar-refractivity contribution is -0.136. The smallest absolute Gasteiger partial charge is 0.338 e. The second-order valence-corrected chi connectivity index (χ2v) is 8.16. The molecule has 8 heteroatoms. The zero-order valence-corrected chi connectivity index (χ0v) is 17.7. The number of hydrogen-bond donors (Lipinski definition) is 1. The van der Waals surface area contributed by atoms with E-state index in [1.165, 1.54) is 23.0 Å². The summed E-state index contributed by atoms with van der Waals surface area (Å²) < 4.78 is 6.96. The van der Waals surface area contributed by atoms with E-state index in [2.05, 4.69) is 4.99 Å². The Morgan fingerprint density at radius 3 is 2.50 bits per heavy atom. The average Bonchev–Trinajstić information content (AvgIpc) is 3.03. The Labute approximate surface area is 180 Å². The molecule has 0 saturated carbocycles. The maximum atomic E-state index is 13.3. The Hall–Kier alpha value is -3.16. The van der Waals surface area contributed by atoms with Crippen LogP contribution in [0.5, 0.6) is 5.75 Å². The summed E-state index contributed by atoms with van der Waals surface area (Å²) in [5, 5.41) is 10.0. The van der Waals surface area contributed by atoms with E-state index in [0.29, 0.717) is 25.6 Å². The number of benzene rings is 2. The molecule has 0 aliphatic carbocycles. The van der Waals surface area contributed by atoms with Crippen LogP contribution in [0.3, 0.4) is 0 Å². The molecule has 4 rings (SSSR count). The molecule has 30 heavy (non-hydrogen) atoms. The predicted octanol–water partition coefficient (Wildman–Crippen LogP) is 2.77. The van der Waals surface area contributed by atoms with E-state index in [0.717, 1.165) is 11.1 Å². The number of halogens is 1. The number of hydrogen-bond acceptors (Lipinski definition) is 6. The lowest BCUT2D eigenvalue weighted by Crippen LogP contribution is -2.39. The molecule has 1 aliphatic heterocycles. The highest BCUT2D eigenvalue weighted by Crippen LogP contribution is 2.31. The number of fused-ring (bicyclic) bond motifs is 1. The van der Waals surface area contributed by atoms with Crippen LogP contribution in [-0.2, 0) is 9.53 Å². The third-order valence-corrected chi connectivity index (χ3v) is 6.04. The molecule has 2 aromatic carbocycles. The van der Waals surface area contributed by atoms with E-state index in [1.807, 2.05) is 0 Å². The molecule has 1 N–H and O–H groups in total. The third kappa shape index (κ3) is 3.58. The van der Waals surface area contributed by atoms with Crippen molar-refractivity contribution in [1.29, 1.82) is 0 Å². The SMILES string of the molecule is COC(=O)C1=C(C)N=c2s/c(=C\c3ccc(O)cc3)c(=O)n2[C@H]1c1ccc(Cl)cc1. The molecule has 1 atom stereocenters. The van der Waals surface area contributed by atoms with E-state index >= 15 is 0 Å². The number of methoxy groups -OCH3 is 1. The number of nitrogens with zero attached hydrogens (tertiary/aromatic N) is 2. The first-order valence-corrected chi connectivity index (χ1v) is 10.2. The first-order valence-electron chi connectivity index (χ1n) is 9.04. The zero-order chi connectivity index (χ0) is 21.4. The van der Waals surface area contributed by atoms with Gasteiger partial charge in [0, 0.05) is 5.02 Å². The van der Waals surface area contributed by atoms with Crippen LogP contribution in [0.4, 0.5) is 0 Å². The molecule has 0 amide bonds. The molecule has 2 heterocycles. The molecular formula is C22H17ClN2O4S. The predicted molar refractivity (Wildman–Crippen MR) is 115 cm³/mol. The number of aromatic nitrogens is 1. The maximum Gasteiger partial charge on any atom is 0.338 e. The minimum Gasteiger partial charge on any atom is -0.508 e. The maximum absolute atomic E-state index is 13.3. The molecule has 152 valence electrons. The van der Waals surface area contributed by atoms with Crippen LogP contribution < -0.4 is 14.9 Å². The Morgan fingerprint density at radius 1 is 1.20 bits per heavy atom. The summed E-state index contributed by atoms with van der Waals surface area (Å²) in [6.07, 6.45) is 1.74. The Balaban J connectivity index is 1.96. The highest BCUT2D eigenvalue weighted by atomic mass is 35.5. The van der Waals surface area contributed by atoms with Crippen molar-refractivity contribution in [3.05, 3.63) is 95.6 Å². The summed E-state index contributed by atoms with van der Waals surface area (Å²) in [5.74, 6) is -0.390. The molecular weight excluding hydrogens is 424 g/mol. The first kappa shape index (κ1) is 20.1. The van der Waals surface area contributed by atoms with Crippen LogP contribution in [-0.4, -0.2) is 22.8 Å². The minimum absolute atomic E-state index is 0.148. The molecule has 0 bridgehead atoms. The number of aromatic hydroxyl groups is 1. The van der Waals surface area contributed by atoms with Gasteiger partial charge in [-0.2, -0.15) is 0 Å². The van der Waals surface area contributed by atoms with Gasteiger partial charge >= 0.3 is 5.97 Å². The van der Waals surface area contributed by atoms with Crippen molar-refractivity contribution in [3.8, 4) is 5.75 Å². The second kappa shape index (κ2) is 7.93. The topological polar surface area (TPSA) is 80.9 Å². The van der Waals surface area contributed by atoms with E-state index in [1.54, 1.807) is 61.5 Å². The van der Waals surface area contributed by atoms with Crippen molar-refractivity contribution in [2.75, 3.05) is 7.11 Å². The number of thiazole rings is 1. The van der Waals surface area contributed by atoms with Gasteiger partial charge in [-0.1, -0.05) is 47.2 Å². The molecule has 1 aromatic heterocycles. The molecule has 1 aliphatic rings. The number of carbonyl (C=O) groups is 1. The van der Waals surface area contributed by atoms with Gasteiger partial charge in [-0.3, -0.25) is 9.36 Å². The van der Waals surface area contributed by atoms with Gasteiger partial charge in [0.1, 0.15) is 5.75 Å². The molecule has 6 nitrogen and oxygen atoms in total. The summed E-state index contributed by atoms with van der Waals surface area (Å²) >= 11 is 7.27. The highest BCUT2D eigenvalue weighted by Gasteiger charge is 2.32. The number of ether oxygens (including phenoxy) is 1. The minimum atomic E-state index is -0.673. The quantitative estimate of drug-likeness (QED) is 0.635. The van der Waals surface area contributed by atoms with Crippen molar-refractivity contribution in [3.63, 3.8) is 0 Å². The molecule has 3 aromatic rings. The fourth-order valence-corrected chi connectivity index (χ4v) is 4.55. The van der Waals surface area contributed by atoms with Gasteiger partial charge in [-0.15, -0.1) is 0 Å². The van der Waals surface area contributed by atoms with E-state index in [-0.39, 0.29) is 11.3 Å². The number of allylic oxidation sites excluding steroid dienone is 1. The number of esters is 1. The molecule has 0 spiro atoms. The van der Waals surface area contributed by atoms with Crippen LogP contribution in [0.2, 0.25) is 5.02 Å². The Bertz CT molecular complexity index is 1340. The van der Waals surface area contributed by atoms with Gasteiger partial charge < -0.3 is 9.84 Å². The van der Waals surface area contributed by atoms with Gasteiger partial charge in [0.05, 0.1) is 29.0 Å². The summed E-state index contributed by atoms with van der Waals surface area (Å²) in [5.41, 5.74) is 2.04. The third-order valence-electron chi connectivity index (χ3n) is 4.80. The van der Waals surface area contributed by atoms with Crippen LogP contribution in [0.25, 0.3) is 6.08 Å². The lowest BCUT2D eigenvalue weighted by atomic mass is 9.96. The largest absolute Gasteiger partial charge is 0.508 e. The van der Waals surface area contributed by atoms with Gasteiger partial charge in [-0.25, -0.2) is 9.79 Å². The van der Waals surface area contributed by atoms with Crippen LogP contribution in [0.15, 0.2) is 69.6 Å². The van der Waals surface area contributed by atoms with Crippen LogP contribution in [0.1, 0.15) is 24.1 Å². The van der Waals surface area contributed by atoms with Crippen LogP contribution in [0, 0.1) is 0 Å². The van der Waals surface area contributed by atoms with E-state index in [4.69, 9.17) is 16.3 Å². The second-order valence-electron chi connectivity index (χ2n) is 6.72. The normalized spacial score (nSPS) is 16.2. The monoisotopic (exact) mass is 440 g/mol. The fraction of sp³-hybridized carbons (Fsp3) is 0.136. The van der Waals surface area contributed by atoms with Gasteiger partial charge in [0.15, 0.2) is 4.80 Å². The molecule has 0 unspecified atom stereocenters. The van der Waals surface area contributed by atoms with Crippen molar-refractivity contribution in [2.24, 2.45) is 4.99 Å². The van der Waals surface area contributed by atoms with Crippen LogP contribution >= 0.6 is 22.9 Å². The number of phenolic OH excluding ortho intramolecular Hbond substituents is 1. The molecule has 0 fully saturated rings. The van der Waals surface area contributed by atoms with Crippen molar-refractivity contribution < 1.29 is 14.6 Å². The van der Waals surface area contributed by atoms with E-state index < -0.39 is 12.0 Å².